The van der Waals surface area contributed by atoms with Crippen LogP contribution in [0.1, 0.15) is 24.3 Å². The lowest BCUT2D eigenvalue weighted by atomic mass is 9.91. The van der Waals surface area contributed by atoms with Gasteiger partial charge in [-0.3, -0.25) is 4.79 Å². The summed E-state index contributed by atoms with van der Waals surface area (Å²) in [7, 11) is 1.64. The van der Waals surface area contributed by atoms with Crippen molar-refractivity contribution in [3.8, 4) is 0 Å². The third kappa shape index (κ3) is 4.72. The third-order valence-corrected chi connectivity index (χ3v) is 3.48. The molecule has 1 aromatic rings. The van der Waals surface area contributed by atoms with Crippen LogP contribution in [0.2, 0.25) is 0 Å². The van der Waals surface area contributed by atoms with Gasteiger partial charge in [-0.2, -0.15) is 0 Å². The minimum absolute atomic E-state index is 0.138. The second kappa shape index (κ2) is 8.64. The highest BCUT2D eigenvalue weighted by molar-refractivity contribution is 5.81. The summed E-state index contributed by atoms with van der Waals surface area (Å²) < 4.78 is 15.6. The molecule has 1 unspecified atom stereocenters. The fraction of sp³-hybridized carbons (Fsp3) is 0.562. The number of carbonyl (C=O) groups excluding carboxylic acids is 1. The van der Waals surface area contributed by atoms with Crippen molar-refractivity contribution in [2.24, 2.45) is 0 Å². The minimum atomic E-state index is -0.156. The van der Waals surface area contributed by atoms with E-state index >= 15 is 0 Å². The Bertz CT molecular complexity index is 450. The fourth-order valence-corrected chi connectivity index (χ4v) is 2.39. The van der Waals surface area contributed by atoms with Crippen molar-refractivity contribution in [3.63, 3.8) is 0 Å². The zero-order valence-corrected chi connectivity index (χ0v) is 12.5. The van der Waals surface area contributed by atoms with Crippen molar-refractivity contribution in [1.29, 1.82) is 0 Å². The molecular formula is C16H23NO4. The van der Waals surface area contributed by atoms with Crippen LogP contribution < -0.4 is 5.32 Å². The maximum Gasteiger partial charge on any atom is 0.313 e. The average molecular weight is 293 g/mol. The lowest BCUT2D eigenvalue weighted by molar-refractivity contribution is -0.146. The summed E-state index contributed by atoms with van der Waals surface area (Å²) in [5.74, 6) is -0.294. The number of fused-ring (bicyclic) bond motifs is 1. The zero-order chi connectivity index (χ0) is 14.9. The standard InChI is InChI=1S/C16H23NO4/c1-19-11-12-20-9-4-10-21-16(18)14-7-8-17-15-6-3-2-5-13(14)15/h2-3,5-6,14,17H,4,7-12H2,1H3. The number of benzene rings is 1. The predicted octanol–water partition coefficient (Wildman–Crippen LogP) is 2.18. The Balaban J connectivity index is 1.72. The molecule has 5 nitrogen and oxygen atoms in total. The molecule has 1 aromatic carbocycles. The largest absolute Gasteiger partial charge is 0.465 e. The van der Waals surface area contributed by atoms with Gasteiger partial charge in [0, 0.05) is 32.4 Å². The summed E-state index contributed by atoms with van der Waals surface area (Å²) >= 11 is 0. The normalized spacial score (nSPS) is 16.9. The van der Waals surface area contributed by atoms with Gasteiger partial charge in [0.1, 0.15) is 0 Å². The first-order valence-electron chi connectivity index (χ1n) is 7.39. The number of para-hydroxylation sites is 1. The van der Waals surface area contributed by atoms with Crippen molar-refractivity contribution < 1.29 is 19.0 Å². The van der Waals surface area contributed by atoms with Crippen LogP contribution in [0.5, 0.6) is 0 Å². The minimum Gasteiger partial charge on any atom is -0.465 e. The Kier molecular flexibility index (Phi) is 6.50. The number of rotatable bonds is 8. The van der Waals surface area contributed by atoms with Crippen LogP contribution in [0.4, 0.5) is 5.69 Å². The second-order valence-electron chi connectivity index (χ2n) is 4.98. The first-order valence-corrected chi connectivity index (χ1v) is 7.39. The number of nitrogens with one attached hydrogen (secondary N) is 1. The van der Waals surface area contributed by atoms with E-state index in [1.165, 1.54) is 0 Å². The van der Waals surface area contributed by atoms with Crippen LogP contribution in [0.3, 0.4) is 0 Å². The van der Waals surface area contributed by atoms with Gasteiger partial charge in [0.25, 0.3) is 0 Å². The number of methoxy groups -OCH3 is 1. The smallest absolute Gasteiger partial charge is 0.313 e. The van der Waals surface area contributed by atoms with E-state index in [1.807, 2.05) is 24.3 Å². The Hall–Kier alpha value is -1.59. The van der Waals surface area contributed by atoms with Gasteiger partial charge >= 0.3 is 5.97 Å². The highest BCUT2D eigenvalue weighted by Gasteiger charge is 2.27. The van der Waals surface area contributed by atoms with Gasteiger partial charge in [0.15, 0.2) is 0 Å². The molecule has 0 bridgehead atoms. The Morgan fingerprint density at radius 2 is 2.10 bits per heavy atom. The quantitative estimate of drug-likeness (QED) is 0.588. The van der Waals surface area contributed by atoms with Gasteiger partial charge in [0.2, 0.25) is 0 Å². The lowest BCUT2D eigenvalue weighted by Gasteiger charge is -2.25. The highest BCUT2D eigenvalue weighted by atomic mass is 16.5. The van der Waals surface area contributed by atoms with Crippen molar-refractivity contribution in [2.45, 2.75) is 18.8 Å². The Morgan fingerprint density at radius 3 is 2.95 bits per heavy atom. The summed E-state index contributed by atoms with van der Waals surface area (Å²) in [6.45, 7) is 2.95. The molecule has 0 fully saturated rings. The molecule has 2 rings (SSSR count). The summed E-state index contributed by atoms with van der Waals surface area (Å²) in [4.78, 5) is 12.2. The molecule has 1 heterocycles. The summed E-state index contributed by atoms with van der Waals surface area (Å²) in [6, 6.07) is 7.91. The lowest BCUT2D eigenvalue weighted by Crippen LogP contribution is -2.25. The van der Waals surface area contributed by atoms with E-state index < -0.39 is 0 Å². The molecule has 5 heteroatoms. The van der Waals surface area contributed by atoms with Crippen LogP contribution in [0.25, 0.3) is 0 Å². The van der Waals surface area contributed by atoms with Gasteiger partial charge in [-0.25, -0.2) is 0 Å². The Morgan fingerprint density at radius 1 is 1.24 bits per heavy atom. The van der Waals surface area contributed by atoms with E-state index in [1.54, 1.807) is 7.11 Å². The molecule has 116 valence electrons. The molecule has 0 aliphatic carbocycles. The van der Waals surface area contributed by atoms with Crippen molar-refractivity contribution in [1.82, 2.24) is 0 Å². The van der Waals surface area contributed by atoms with Gasteiger partial charge in [0.05, 0.1) is 25.7 Å². The molecular weight excluding hydrogens is 270 g/mol. The maximum atomic E-state index is 12.2. The predicted molar refractivity (Wildman–Crippen MR) is 80.6 cm³/mol. The molecule has 1 aliphatic rings. The first kappa shape index (κ1) is 15.8. The maximum absolute atomic E-state index is 12.2. The van der Waals surface area contributed by atoms with Crippen molar-refractivity contribution in [2.75, 3.05) is 45.4 Å². The molecule has 0 aromatic heterocycles. The third-order valence-electron chi connectivity index (χ3n) is 3.48. The molecule has 1 atom stereocenters. The number of hydrogen-bond acceptors (Lipinski definition) is 5. The van der Waals surface area contributed by atoms with Gasteiger partial charge in [-0.15, -0.1) is 0 Å². The van der Waals surface area contributed by atoms with E-state index in [0.717, 1.165) is 24.2 Å². The summed E-state index contributed by atoms with van der Waals surface area (Å²) in [5, 5.41) is 3.30. The van der Waals surface area contributed by atoms with E-state index in [0.29, 0.717) is 32.8 Å². The number of carbonyl (C=O) groups is 1. The van der Waals surface area contributed by atoms with Crippen LogP contribution in [0.15, 0.2) is 24.3 Å². The topological polar surface area (TPSA) is 56.8 Å². The molecule has 21 heavy (non-hydrogen) atoms. The van der Waals surface area contributed by atoms with Gasteiger partial charge in [-0.1, -0.05) is 18.2 Å². The van der Waals surface area contributed by atoms with E-state index in [9.17, 15) is 4.79 Å². The first-order chi connectivity index (χ1) is 10.3. The number of anilines is 1. The second-order valence-corrected chi connectivity index (χ2v) is 4.98. The molecule has 0 spiro atoms. The number of hydrogen-bond donors (Lipinski definition) is 1. The van der Waals surface area contributed by atoms with E-state index in [2.05, 4.69) is 5.32 Å². The Labute approximate surface area is 125 Å². The van der Waals surface area contributed by atoms with Gasteiger partial charge < -0.3 is 19.5 Å². The SMILES string of the molecule is COCCOCCCOC(=O)C1CCNc2ccccc21. The molecule has 1 aliphatic heterocycles. The number of esters is 1. The van der Waals surface area contributed by atoms with Crippen LogP contribution in [-0.4, -0.2) is 46.1 Å². The number of ether oxygens (including phenoxy) is 3. The average Bonchev–Trinajstić information content (AvgIpc) is 2.53. The van der Waals surface area contributed by atoms with Crippen molar-refractivity contribution in [3.05, 3.63) is 29.8 Å². The van der Waals surface area contributed by atoms with E-state index in [4.69, 9.17) is 14.2 Å². The zero-order valence-electron chi connectivity index (χ0n) is 12.5. The van der Waals surface area contributed by atoms with Crippen LogP contribution in [0, 0.1) is 0 Å². The monoisotopic (exact) mass is 293 g/mol. The molecule has 0 saturated carbocycles. The summed E-state index contributed by atoms with van der Waals surface area (Å²) in [5.41, 5.74) is 2.07. The van der Waals surface area contributed by atoms with Crippen molar-refractivity contribution >= 4 is 11.7 Å². The molecule has 0 amide bonds. The van der Waals surface area contributed by atoms with Crippen LogP contribution >= 0.6 is 0 Å². The fourth-order valence-electron chi connectivity index (χ4n) is 2.39. The molecule has 0 radical (unpaired) electrons. The summed E-state index contributed by atoms with van der Waals surface area (Å²) in [6.07, 6.45) is 1.49. The molecule has 0 saturated heterocycles. The van der Waals surface area contributed by atoms with E-state index in [-0.39, 0.29) is 11.9 Å². The molecule has 1 N–H and O–H groups in total. The highest BCUT2D eigenvalue weighted by Crippen LogP contribution is 2.32. The van der Waals surface area contributed by atoms with Gasteiger partial charge in [-0.05, 0) is 18.1 Å². The van der Waals surface area contributed by atoms with Crippen LogP contribution in [-0.2, 0) is 19.0 Å².